The fraction of sp³-hybridized carbons (Fsp3) is 0.270. The summed E-state index contributed by atoms with van der Waals surface area (Å²) >= 11 is 0. The van der Waals surface area contributed by atoms with Crippen molar-refractivity contribution < 1.29 is 24.1 Å². The van der Waals surface area contributed by atoms with Gasteiger partial charge in [0.1, 0.15) is 6.61 Å². The second-order valence-electron chi connectivity index (χ2n) is 11.1. The van der Waals surface area contributed by atoms with Crippen LogP contribution >= 0.6 is 0 Å². The standard InChI is InChI=1S/C37H40N2O5/c1-3-21-42-37(41)38-23-32-11-7-8-12-34(32)29-17-19-31(20-18-29)36-43-33(25-39(2)24-27-9-5-4-6-10-27)22-35(44-36)30-15-13-28(26-40)14-16-30/h3-20,33,35-36,40H,1,21-26H2,2H3,(H,38,41)/t33-,35+,36+/m0/s1. The quantitative estimate of drug-likeness (QED) is 0.174. The van der Waals surface area contributed by atoms with Crippen molar-refractivity contribution in [1.82, 2.24) is 10.2 Å². The number of aliphatic hydroxyl groups excluding tert-OH is 1. The molecule has 1 saturated heterocycles. The highest BCUT2D eigenvalue weighted by Gasteiger charge is 2.32. The van der Waals surface area contributed by atoms with Gasteiger partial charge >= 0.3 is 6.09 Å². The van der Waals surface area contributed by atoms with E-state index in [0.29, 0.717) is 6.54 Å². The monoisotopic (exact) mass is 592 g/mol. The SMILES string of the molecule is C=CCOC(=O)NCc1ccccc1-c1ccc([C@@H]2O[C@H](CN(C)Cc3ccccc3)C[C@H](c3ccc(CO)cc3)O2)cc1. The van der Waals surface area contributed by atoms with Gasteiger partial charge in [0.25, 0.3) is 0 Å². The zero-order valence-corrected chi connectivity index (χ0v) is 25.1. The average molecular weight is 593 g/mol. The molecule has 0 unspecified atom stereocenters. The molecule has 44 heavy (non-hydrogen) atoms. The third-order valence-corrected chi connectivity index (χ3v) is 7.69. The molecule has 0 radical (unpaired) electrons. The molecule has 0 spiro atoms. The lowest BCUT2D eigenvalue weighted by Gasteiger charge is -2.38. The lowest BCUT2D eigenvalue weighted by Crippen LogP contribution is -2.37. The molecule has 0 bridgehead atoms. The van der Waals surface area contributed by atoms with Gasteiger partial charge in [0.05, 0.1) is 18.8 Å². The van der Waals surface area contributed by atoms with Gasteiger partial charge in [0.15, 0.2) is 6.29 Å². The molecule has 1 aliphatic heterocycles. The number of ether oxygens (including phenoxy) is 3. The molecular weight excluding hydrogens is 552 g/mol. The number of benzene rings is 4. The predicted molar refractivity (Wildman–Crippen MR) is 171 cm³/mol. The van der Waals surface area contributed by atoms with Crippen molar-refractivity contribution in [3.05, 3.63) is 144 Å². The zero-order chi connectivity index (χ0) is 30.7. The van der Waals surface area contributed by atoms with E-state index in [4.69, 9.17) is 14.2 Å². The van der Waals surface area contributed by atoms with Gasteiger partial charge in [-0.05, 0) is 40.4 Å². The molecule has 4 aromatic rings. The van der Waals surface area contributed by atoms with Crippen LogP contribution in [-0.4, -0.2) is 42.4 Å². The second-order valence-corrected chi connectivity index (χ2v) is 11.1. The van der Waals surface area contributed by atoms with Gasteiger partial charge in [-0.2, -0.15) is 0 Å². The molecule has 4 aromatic carbocycles. The summed E-state index contributed by atoms with van der Waals surface area (Å²) in [7, 11) is 2.12. The van der Waals surface area contributed by atoms with Crippen LogP contribution in [0, 0.1) is 0 Å². The lowest BCUT2D eigenvalue weighted by atomic mass is 9.97. The number of carbonyl (C=O) groups excluding carboxylic acids is 1. The number of likely N-dealkylation sites (N-methyl/N-ethyl adjacent to an activating group) is 1. The van der Waals surface area contributed by atoms with E-state index in [9.17, 15) is 9.90 Å². The molecular formula is C37H40N2O5. The Kier molecular flexibility index (Phi) is 10.9. The fourth-order valence-corrected chi connectivity index (χ4v) is 5.47. The summed E-state index contributed by atoms with van der Waals surface area (Å²) < 4.78 is 18.2. The zero-order valence-electron chi connectivity index (χ0n) is 25.1. The van der Waals surface area contributed by atoms with E-state index in [-0.39, 0.29) is 25.4 Å². The maximum atomic E-state index is 12.0. The van der Waals surface area contributed by atoms with Gasteiger partial charge < -0.3 is 24.6 Å². The first-order chi connectivity index (χ1) is 21.5. The Hall–Kier alpha value is -4.27. The van der Waals surface area contributed by atoms with Gasteiger partial charge in [-0.15, -0.1) is 0 Å². The highest BCUT2D eigenvalue weighted by atomic mass is 16.7. The van der Waals surface area contributed by atoms with Crippen molar-refractivity contribution in [3.63, 3.8) is 0 Å². The van der Waals surface area contributed by atoms with Crippen molar-refractivity contribution >= 4 is 6.09 Å². The number of hydrogen-bond donors (Lipinski definition) is 2. The molecule has 0 saturated carbocycles. The van der Waals surface area contributed by atoms with Gasteiger partial charge in [-0.25, -0.2) is 4.79 Å². The van der Waals surface area contributed by atoms with Crippen LogP contribution < -0.4 is 5.32 Å². The number of aliphatic hydroxyl groups is 1. The van der Waals surface area contributed by atoms with E-state index in [2.05, 4.69) is 60.2 Å². The minimum atomic E-state index is -0.535. The number of carbonyl (C=O) groups is 1. The van der Waals surface area contributed by atoms with Crippen LogP contribution in [-0.2, 0) is 33.9 Å². The van der Waals surface area contributed by atoms with Crippen molar-refractivity contribution in [1.29, 1.82) is 0 Å². The van der Waals surface area contributed by atoms with Gasteiger partial charge in [0, 0.05) is 31.6 Å². The highest BCUT2D eigenvalue weighted by Crippen LogP contribution is 2.39. The summed E-state index contributed by atoms with van der Waals surface area (Å²) in [4.78, 5) is 14.3. The van der Waals surface area contributed by atoms with Crippen LogP contribution in [0.15, 0.2) is 116 Å². The third kappa shape index (κ3) is 8.42. The van der Waals surface area contributed by atoms with Gasteiger partial charge in [-0.3, -0.25) is 4.90 Å². The predicted octanol–water partition coefficient (Wildman–Crippen LogP) is 6.94. The number of amides is 1. The first-order valence-electron chi connectivity index (χ1n) is 14.9. The lowest BCUT2D eigenvalue weighted by molar-refractivity contribution is -0.252. The molecule has 3 atom stereocenters. The van der Waals surface area contributed by atoms with Gasteiger partial charge in [-0.1, -0.05) is 116 Å². The van der Waals surface area contributed by atoms with E-state index in [0.717, 1.165) is 52.9 Å². The second kappa shape index (κ2) is 15.5. The van der Waals surface area contributed by atoms with Crippen molar-refractivity contribution in [2.75, 3.05) is 20.2 Å². The highest BCUT2D eigenvalue weighted by molar-refractivity contribution is 5.70. The minimum absolute atomic E-state index is 0.00931. The van der Waals surface area contributed by atoms with E-state index < -0.39 is 12.4 Å². The van der Waals surface area contributed by atoms with E-state index in [1.165, 1.54) is 11.6 Å². The van der Waals surface area contributed by atoms with E-state index in [1.807, 2.05) is 66.7 Å². The molecule has 0 aliphatic carbocycles. The van der Waals surface area contributed by atoms with Gasteiger partial charge in [0.2, 0.25) is 0 Å². The Morgan fingerprint density at radius 1 is 0.932 bits per heavy atom. The van der Waals surface area contributed by atoms with E-state index in [1.54, 1.807) is 0 Å². The maximum Gasteiger partial charge on any atom is 0.407 e. The Balaban J connectivity index is 1.32. The Bertz CT molecular complexity index is 1490. The summed E-state index contributed by atoms with van der Waals surface area (Å²) in [6.07, 6.45) is 1.05. The molecule has 1 amide bonds. The van der Waals surface area contributed by atoms with Crippen LogP contribution in [0.25, 0.3) is 11.1 Å². The molecule has 1 heterocycles. The number of hydrogen-bond acceptors (Lipinski definition) is 6. The molecule has 7 heteroatoms. The number of alkyl carbamates (subject to hydrolysis) is 1. The third-order valence-electron chi connectivity index (χ3n) is 7.69. The molecule has 2 N–H and O–H groups in total. The van der Waals surface area contributed by atoms with Crippen LogP contribution in [0.3, 0.4) is 0 Å². The molecule has 1 fully saturated rings. The fourth-order valence-electron chi connectivity index (χ4n) is 5.47. The largest absolute Gasteiger partial charge is 0.445 e. The normalized spacial score (nSPS) is 18.1. The summed E-state index contributed by atoms with van der Waals surface area (Å²) in [5.74, 6) is 0. The smallest absolute Gasteiger partial charge is 0.407 e. The Morgan fingerprint density at radius 3 is 2.36 bits per heavy atom. The molecule has 5 rings (SSSR count). The van der Waals surface area contributed by atoms with Crippen LogP contribution in [0.2, 0.25) is 0 Å². The first-order valence-corrected chi connectivity index (χ1v) is 14.9. The summed E-state index contributed by atoms with van der Waals surface area (Å²) in [5.41, 5.74) is 7.16. The number of nitrogens with one attached hydrogen (secondary N) is 1. The van der Waals surface area contributed by atoms with Crippen molar-refractivity contribution in [2.45, 2.75) is 44.6 Å². The Labute approximate surface area is 259 Å². The molecule has 0 aromatic heterocycles. The average Bonchev–Trinajstić information content (AvgIpc) is 3.07. The summed E-state index contributed by atoms with van der Waals surface area (Å²) in [5, 5.41) is 12.3. The molecule has 1 aliphatic rings. The van der Waals surface area contributed by atoms with Crippen LogP contribution in [0.4, 0.5) is 4.79 Å². The molecule has 7 nitrogen and oxygen atoms in total. The van der Waals surface area contributed by atoms with Crippen molar-refractivity contribution in [3.8, 4) is 11.1 Å². The summed E-state index contributed by atoms with van der Waals surface area (Å²) in [6.45, 7) is 5.68. The topological polar surface area (TPSA) is 80.3 Å². The van der Waals surface area contributed by atoms with Crippen molar-refractivity contribution in [2.24, 2.45) is 0 Å². The van der Waals surface area contributed by atoms with Crippen LogP contribution in [0.1, 0.15) is 46.6 Å². The Morgan fingerprint density at radius 2 is 1.64 bits per heavy atom. The molecule has 228 valence electrons. The number of nitrogens with zero attached hydrogens (tertiary/aromatic N) is 1. The minimum Gasteiger partial charge on any atom is -0.445 e. The van der Waals surface area contributed by atoms with Crippen LogP contribution in [0.5, 0.6) is 0 Å². The number of rotatable bonds is 12. The maximum absolute atomic E-state index is 12.0. The first kappa shape index (κ1) is 31.2. The summed E-state index contributed by atoms with van der Waals surface area (Å²) in [6, 6.07) is 34.6. The van der Waals surface area contributed by atoms with E-state index >= 15 is 0 Å².